The number of rotatable bonds is 2. The van der Waals surface area contributed by atoms with Gasteiger partial charge in [0, 0.05) is 29.0 Å². The fraction of sp³-hybridized carbons (Fsp3) is 0.640. The van der Waals surface area contributed by atoms with Crippen molar-refractivity contribution in [3.05, 3.63) is 34.9 Å². The van der Waals surface area contributed by atoms with E-state index in [9.17, 15) is 9.90 Å². The number of nitrogens with one attached hydrogen (secondary N) is 1. The van der Waals surface area contributed by atoms with E-state index in [2.05, 4.69) is 52.1 Å². The first kappa shape index (κ1) is 20.3. The van der Waals surface area contributed by atoms with Crippen LogP contribution in [-0.2, 0) is 10.2 Å². The molecule has 0 spiro atoms. The second-order valence-corrected chi connectivity index (χ2v) is 10.7. The lowest BCUT2D eigenvalue weighted by atomic mass is 9.66. The number of phenols is 1. The first-order chi connectivity index (χ1) is 13.6. The van der Waals surface area contributed by atoms with E-state index in [-0.39, 0.29) is 28.8 Å². The van der Waals surface area contributed by atoms with Crippen LogP contribution >= 0.6 is 0 Å². The standard InChI is InChI=1S/C25H35NO3/c1-24(2,3)16-13-20(27)22-18-12-15(23(28)26-17-8-6-7-9-17)10-11-19(18)25(4,5)29-21(22)14-16/h10,13-14,17-19,27H,6-9,11-12H2,1-5H3,(H,26,28)/t18-,19-/m1/s1. The molecule has 1 aliphatic heterocycles. The molecule has 0 saturated heterocycles. The maximum atomic E-state index is 12.9. The van der Waals surface area contributed by atoms with E-state index >= 15 is 0 Å². The van der Waals surface area contributed by atoms with Gasteiger partial charge >= 0.3 is 0 Å². The number of benzene rings is 1. The molecule has 1 saturated carbocycles. The normalized spacial score (nSPS) is 26.2. The Bertz CT molecular complexity index is 840. The molecule has 2 aliphatic carbocycles. The van der Waals surface area contributed by atoms with Crippen molar-refractivity contribution in [1.82, 2.24) is 5.32 Å². The van der Waals surface area contributed by atoms with E-state index in [0.29, 0.717) is 18.2 Å². The predicted octanol–water partition coefficient (Wildman–Crippen LogP) is 5.34. The third-order valence-corrected chi connectivity index (χ3v) is 7.15. The number of hydrogen-bond acceptors (Lipinski definition) is 3. The Labute approximate surface area is 174 Å². The molecule has 1 amide bonds. The lowest BCUT2D eigenvalue weighted by Crippen LogP contribution is -2.46. The smallest absolute Gasteiger partial charge is 0.247 e. The molecule has 29 heavy (non-hydrogen) atoms. The molecule has 0 bridgehead atoms. The second kappa shape index (κ2) is 7.07. The Morgan fingerprint density at radius 2 is 1.90 bits per heavy atom. The monoisotopic (exact) mass is 397 g/mol. The van der Waals surface area contributed by atoms with Crippen molar-refractivity contribution in [3.8, 4) is 11.5 Å². The molecular weight excluding hydrogens is 362 g/mol. The van der Waals surface area contributed by atoms with Crippen LogP contribution in [0.1, 0.15) is 90.2 Å². The van der Waals surface area contributed by atoms with E-state index in [1.54, 1.807) is 0 Å². The summed E-state index contributed by atoms with van der Waals surface area (Å²) in [6.45, 7) is 10.7. The average Bonchev–Trinajstić information content (AvgIpc) is 3.12. The highest BCUT2D eigenvalue weighted by Gasteiger charge is 2.47. The number of aromatic hydroxyl groups is 1. The second-order valence-electron chi connectivity index (χ2n) is 10.7. The predicted molar refractivity (Wildman–Crippen MR) is 115 cm³/mol. The molecular formula is C25H35NO3. The summed E-state index contributed by atoms with van der Waals surface area (Å²) in [4.78, 5) is 12.9. The Hall–Kier alpha value is -1.97. The van der Waals surface area contributed by atoms with E-state index in [1.165, 1.54) is 12.8 Å². The minimum absolute atomic E-state index is 0.0738. The van der Waals surface area contributed by atoms with Crippen LogP contribution in [-0.4, -0.2) is 22.7 Å². The molecule has 1 fully saturated rings. The quantitative estimate of drug-likeness (QED) is 0.708. The van der Waals surface area contributed by atoms with Crippen LogP contribution in [0.2, 0.25) is 0 Å². The number of phenolic OH excluding ortho intramolecular Hbond substituents is 1. The molecule has 1 aromatic carbocycles. The minimum atomic E-state index is -0.343. The zero-order valence-corrected chi connectivity index (χ0v) is 18.5. The molecule has 3 aliphatic rings. The number of carbonyl (C=O) groups excluding carboxylic acids is 1. The third kappa shape index (κ3) is 3.78. The number of allylic oxidation sites excluding steroid dienone is 1. The van der Waals surface area contributed by atoms with Gasteiger partial charge in [-0.25, -0.2) is 0 Å². The largest absolute Gasteiger partial charge is 0.508 e. The van der Waals surface area contributed by atoms with Crippen LogP contribution in [0.3, 0.4) is 0 Å². The molecule has 0 unspecified atom stereocenters. The summed E-state index contributed by atoms with van der Waals surface area (Å²) in [7, 11) is 0. The molecule has 158 valence electrons. The maximum absolute atomic E-state index is 12.9. The Morgan fingerprint density at radius 3 is 2.55 bits per heavy atom. The minimum Gasteiger partial charge on any atom is -0.508 e. The molecule has 2 atom stereocenters. The maximum Gasteiger partial charge on any atom is 0.247 e. The van der Waals surface area contributed by atoms with Crippen molar-refractivity contribution >= 4 is 5.91 Å². The van der Waals surface area contributed by atoms with Gasteiger partial charge < -0.3 is 15.2 Å². The molecule has 4 heteroatoms. The molecule has 4 rings (SSSR count). The lowest BCUT2D eigenvalue weighted by Gasteiger charge is -2.47. The van der Waals surface area contributed by atoms with Gasteiger partial charge in [0.15, 0.2) is 0 Å². The molecule has 1 aromatic rings. The van der Waals surface area contributed by atoms with Gasteiger partial charge in [0.05, 0.1) is 0 Å². The number of ether oxygens (including phenoxy) is 1. The Morgan fingerprint density at radius 1 is 1.21 bits per heavy atom. The lowest BCUT2D eigenvalue weighted by molar-refractivity contribution is -0.118. The highest BCUT2D eigenvalue weighted by atomic mass is 16.5. The number of fused-ring (bicyclic) bond motifs is 3. The van der Waals surface area contributed by atoms with Crippen molar-refractivity contribution in [2.24, 2.45) is 5.92 Å². The number of amides is 1. The highest BCUT2D eigenvalue weighted by Crippen LogP contribution is 2.54. The van der Waals surface area contributed by atoms with Gasteiger partial charge in [-0.1, -0.05) is 39.7 Å². The summed E-state index contributed by atoms with van der Waals surface area (Å²) in [5, 5.41) is 14.2. The SMILES string of the molecule is CC(C)(C)c1cc(O)c2c(c1)OC(C)(C)[C@@H]1CC=C(C(=O)NC3CCCC3)C[C@@H]21. The van der Waals surface area contributed by atoms with Gasteiger partial charge in [0.25, 0.3) is 0 Å². The van der Waals surface area contributed by atoms with Crippen molar-refractivity contribution < 1.29 is 14.6 Å². The average molecular weight is 398 g/mol. The van der Waals surface area contributed by atoms with Gasteiger partial charge in [-0.3, -0.25) is 4.79 Å². The van der Waals surface area contributed by atoms with Gasteiger partial charge in [-0.05, 0) is 62.6 Å². The van der Waals surface area contributed by atoms with Crippen molar-refractivity contribution in [2.45, 2.75) is 96.1 Å². The molecule has 2 N–H and O–H groups in total. The first-order valence-electron chi connectivity index (χ1n) is 11.1. The first-order valence-corrected chi connectivity index (χ1v) is 11.1. The van der Waals surface area contributed by atoms with Crippen molar-refractivity contribution in [1.29, 1.82) is 0 Å². The van der Waals surface area contributed by atoms with Crippen LogP contribution in [0.25, 0.3) is 0 Å². The molecule has 1 heterocycles. The molecule has 0 radical (unpaired) electrons. The van der Waals surface area contributed by atoms with Crippen LogP contribution in [0.4, 0.5) is 0 Å². The van der Waals surface area contributed by atoms with Gasteiger partial charge in [0.2, 0.25) is 5.91 Å². The van der Waals surface area contributed by atoms with E-state index < -0.39 is 0 Å². The Balaban J connectivity index is 1.66. The van der Waals surface area contributed by atoms with E-state index in [4.69, 9.17) is 4.74 Å². The molecule has 4 nitrogen and oxygen atoms in total. The van der Waals surface area contributed by atoms with Gasteiger partial charge in [-0.15, -0.1) is 0 Å². The topological polar surface area (TPSA) is 58.6 Å². The summed E-state index contributed by atoms with van der Waals surface area (Å²) in [5.41, 5.74) is 2.39. The summed E-state index contributed by atoms with van der Waals surface area (Å²) < 4.78 is 6.42. The zero-order chi connectivity index (χ0) is 21.0. The zero-order valence-electron chi connectivity index (χ0n) is 18.5. The van der Waals surface area contributed by atoms with E-state index in [1.807, 2.05) is 6.07 Å². The van der Waals surface area contributed by atoms with Gasteiger partial charge in [-0.2, -0.15) is 0 Å². The Kier molecular flexibility index (Phi) is 4.95. The summed E-state index contributed by atoms with van der Waals surface area (Å²) >= 11 is 0. The van der Waals surface area contributed by atoms with Crippen LogP contribution in [0, 0.1) is 5.92 Å². The van der Waals surface area contributed by atoms with Gasteiger partial charge in [0.1, 0.15) is 17.1 Å². The fourth-order valence-electron chi connectivity index (χ4n) is 5.36. The van der Waals surface area contributed by atoms with Crippen molar-refractivity contribution in [2.75, 3.05) is 0 Å². The van der Waals surface area contributed by atoms with Crippen LogP contribution < -0.4 is 10.1 Å². The summed E-state index contributed by atoms with van der Waals surface area (Å²) in [6.07, 6.45) is 8.14. The van der Waals surface area contributed by atoms with E-state index in [0.717, 1.165) is 41.7 Å². The molecule has 0 aromatic heterocycles. The number of hydrogen-bond donors (Lipinski definition) is 2. The fourth-order valence-corrected chi connectivity index (χ4v) is 5.36. The van der Waals surface area contributed by atoms with Crippen LogP contribution in [0.5, 0.6) is 11.5 Å². The summed E-state index contributed by atoms with van der Waals surface area (Å²) in [6, 6.07) is 4.29. The van der Waals surface area contributed by atoms with Crippen molar-refractivity contribution in [3.63, 3.8) is 0 Å². The van der Waals surface area contributed by atoms with Crippen LogP contribution in [0.15, 0.2) is 23.8 Å². The highest BCUT2D eigenvalue weighted by molar-refractivity contribution is 5.94. The third-order valence-electron chi connectivity index (χ3n) is 7.15. The summed E-state index contributed by atoms with van der Waals surface area (Å²) in [5.74, 6) is 1.49. The number of carbonyl (C=O) groups is 1.